The number of hydrogen-bond acceptors (Lipinski definition) is 2. The molecule has 8 atom stereocenters. The fraction of sp³-hybridized carbons (Fsp3) is 1.00. The van der Waals surface area contributed by atoms with Gasteiger partial charge in [0.05, 0.1) is 0 Å². The smallest absolute Gasteiger partial charge is 0.0166 e. The van der Waals surface area contributed by atoms with Crippen molar-refractivity contribution in [3.8, 4) is 0 Å². The summed E-state index contributed by atoms with van der Waals surface area (Å²) in [6.45, 7) is 17.3. The molecule has 0 aromatic rings. The summed E-state index contributed by atoms with van der Waals surface area (Å²) in [6, 6.07) is 1.34. The first-order valence-electron chi connectivity index (χ1n) is 11.2. The largest absolute Gasteiger partial charge is 0.315 e. The molecule has 1 unspecified atom stereocenters. The molecular weight excluding hydrogens is 304 g/mol. The number of hydrogen-bond donors (Lipinski definition) is 2. The summed E-state index contributed by atoms with van der Waals surface area (Å²) in [5.41, 5.74) is 1.23. The number of rotatable bonds is 6. The van der Waals surface area contributed by atoms with Crippen LogP contribution in [-0.2, 0) is 0 Å². The molecule has 6 aliphatic rings. The van der Waals surface area contributed by atoms with Crippen LogP contribution in [0.15, 0.2) is 0 Å². The topological polar surface area (TPSA) is 24.1 Å². The lowest BCUT2D eigenvalue weighted by Gasteiger charge is -2.62. The van der Waals surface area contributed by atoms with Crippen LogP contribution in [-0.4, -0.2) is 25.2 Å². The van der Waals surface area contributed by atoms with E-state index in [1.807, 2.05) is 0 Å². The third-order valence-electron chi connectivity index (χ3n) is 9.71. The van der Waals surface area contributed by atoms with Crippen LogP contribution in [0.2, 0.25) is 0 Å². The van der Waals surface area contributed by atoms with Crippen molar-refractivity contribution in [1.82, 2.24) is 10.6 Å². The Morgan fingerprint density at radius 1 is 0.920 bits per heavy atom. The van der Waals surface area contributed by atoms with E-state index in [0.29, 0.717) is 16.9 Å². The first-order chi connectivity index (χ1) is 11.7. The van der Waals surface area contributed by atoms with Gasteiger partial charge in [0, 0.05) is 18.6 Å². The van der Waals surface area contributed by atoms with E-state index >= 15 is 0 Å². The van der Waals surface area contributed by atoms with Crippen molar-refractivity contribution < 1.29 is 0 Å². The second-order valence-electron chi connectivity index (χ2n) is 11.5. The Kier molecular flexibility index (Phi) is 4.56. The third-order valence-corrected chi connectivity index (χ3v) is 9.71. The lowest BCUT2D eigenvalue weighted by atomic mass is 9.44. The maximum absolute atomic E-state index is 3.98. The van der Waals surface area contributed by atoms with Gasteiger partial charge in [-0.15, -0.1) is 0 Å². The van der Waals surface area contributed by atoms with Gasteiger partial charge in [0.15, 0.2) is 0 Å². The van der Waals surface area contributed by atoms with Crippen LogP contribution in [0.4, 0.5) is 0 Å². The zero-order chi connectivity index (χ0) is 18.0. The number of fused-ring (bicyclic) bond motifs is 4. The molecule has 4 bridgehead atoms. The average molecular weight is 347 g/mol. The summed E-state index contributed by atoms with van der Waals surface area (Å²) in [7, 11) is 0. The highest BCUT2D eigenvalue weighted by Crippen LogP contribution is 2.62. The fourth-order valence-corrected chi connectivity index (χ4v) is 7.49. The Bertz CT molecular complexity index is 494. The van der Waals surface area contributed by atoms with Gasteiger partial charge in [0.2, 0.25) is 0 Å². The second kappa shape index (κ2) is 6.23. The van der Waals surface area contributed by atoms with Crippen molar-refractivity contribution in [2.24, 2.45) is 46.3 Å². The first-order valence-corrected chi connectivity index (χ1v) is 11.2. The number of nitrogens with one attached hydrogen (secondary N) is 2. The minimum absolute atomic E-state index is 0.596. The Hall–Kier alpha value is -0.0800. The highest BCUT2D eigenvalue weighted by atomic mass is 15.0. The van der Waals surface area contributed by atoms with Crippen molar-refractivity contribution in [2.45, 2.75) is 85.7 Å². The van der Waals surface area contributed by atoms with Crippen molar-refractivity contribution in [2.75, 3.05) is 13.1 Å². The highest BCUT2D eigenvalue weighted by Gasteiger charge is 2.56. The SMILES string of the molecule is CC(CNC[C@@H]1CC[C@H]2C[C@@H]1C2(C)C)N[C@H]1C[C@H]2C[C@@H]([C@@H]1C)C2(C)C. The third kappa shape index (κ3) is 2.90. The molecule has 2 N–H and O–H groups in total. The van der Waals surface area contributed by atoms with Crippen LogP contribution >= 0.6 is 0 Å². The zero-order valence-electron chi connectivity index (χ0n) is 17.6. The van der Waals surface area contributed by atoms with E-state index in [9.17, 15) is 0 Å². The van der Waals surface area contributed by atoms with E-state index in [1.165, 1.54) is 38.6 Å². The molecule has 2 heteroatoms. The molecule has 0 saturated heterocycles. The first kappa shape index (κ1) is 18.3. The van der Waals surface area contributed by atoms with Gasteiger partial charge in [0.25, 0.3) is 0 Å². The summed E-state index contributed by atoms with van der Waals surface area (Å²) in [5.74, 6) is 5.68. The Morgan fingerprint density at radius 3 is 2.20 bits per heavy atom. The monoisotopic (exact) mass is 346 g/mol. The predicted molar refractivity (Wildman–Crippen MR) is 107 cm³/mol. The molecule has 6 rings (SSSR count). The quantitative estimate of drug-likeness (QED) is 0.728. The van der Waals surface area contributed by atoms with Crippen molar-refractivity contribution in [1.29, 1.82) is 0 Å². The Balaban J connectivity index is 1.20. The molecule has 6 saturated carbocycles. The van der Waals surface area contributed by atoms with Crippen molar-refractivity contribution in [3.05, 3.63) is 0 Å². The summed E-state index contributed by atoms with van der Waals surface area (Å²) in [6.07, 6.45) is 7.33. The van der Waals surface area contributed by atoms with Gasteiger partial charge in [-0.1, -0.05) is 34.6 Å². The van der Waals surface area contributed by atoms with Gasteiger partial charge in [0.1, 0.15) is 0 Å². The molecule has 0 amide bonds. The van der Waals surface area contributed by atoms with Crippen LogP contribution in [0.1, 0.15) is 73.6 Å². The highest BCUT2D eigenvalue weighted by molar-refractivity contribution is 5.07. The molecule has 0 aromatic carbocycles. The van der Waals surface area contributed by atoms with Gasteiger partial charge in [-0.25, -0.2) is 0 Å². The Labute approximate surface area is 156 Å². The van der Waals surface area contributed by atoms with Crippen LogP contribution in [0.25, 0.3) is 0 Å². The van der Waals surface area contributed by atoms with E-state index < -0.39 is 0 Å². The summed E-state index contributed by atoms with van der Waals surface area (Å²) in [4.78, 5) is 0. The van der Waals surface area contributed by atoms with E-state index in [0.717, 1.165) is 48.1 Å². The summed E-state index contributed by atoms with van der Waals surface area (Å²) in [5, 5.41) is 7.81. The van der Waals surface area contributed by atoms with E-state index in [2.05, 4.69) is 52.2 Å². The van der Waals surface area contributed by atoms with Crippen molar-refractivity contribution >= 4 is 0 Å². The van der Waals surface area contributed by atoms with Gasteiger partial charge in [-0.3, -0.25) is 0 Å². The fourth-order valence-electron chi connectivity index (χ4n) is 7.49. The molecule has 6 aliphatic carbocycles. The van der Waals surface area contributed by atoms with E-state index in [1.54, 1.807) is 0 Å². The van der Waals surface area contributed by atoms with Crippen LogP contribution in [0.3, 0.4) is 0 Å². The maximum Gasteiger partial charge on any atom is 0.0166 e. The lowest BCUT2D eigenvalue weighted by molar-refractivity contribution is -0.116. The van der Waals surface area contributed by atoms with E-state index in [4.69, 9.17) is 0 Å². The molecule has 2 nitrogen and oxygen atoms in total. The zero-order valence-corrected chi connectivity index (χ0v) is 17.6. The minimum atomic E-state index is 0.596. The lowest BCUT2D eigenvalue weighted by Crippen LogP contribution is -2.61. The van der Waals surface area contributed by atoms with Crippen LogP contribution in [0.5, 0.6) is 0 Å². The maximum atomic E-state index is 3.98. The molecule has 25 heavy (non-hydrogen) atoms. The van der Waals surface area contributed by atoms with E-state index in [-0.39, 0.29) is 0 Å². The summed E-state index contributed by atoms with van der Waals surface area (Å²) < 4.78 is 0. The minimum Gasteiger partial charge on any atom is -0.315 e. The summed E-state index contributed by atoms with van der Waals surface area (Å²) >= 11 is 0. The van der Waals surface area contributed by atoms with Gasteiger partial charge in [-0.05, 0) is 91.9 Å². The molecule has 0 aliphatic heterocycles. The molecule has 0 aromatic heterocycles. The molecule has 144 valence electrons. The van der Waals surface area contributed by atoms with Gasteiger partial charge >= 0.3 is 0 Å². The van der Waals surface area contributed by atoms with Gasteiger partial charge in [-0.2, -0.15) is 0 Å². The normalized spacial score (nSPS) is 47.5. The molecule has 0 heterocycles. The molecular formula is C23H42N2. The second-order valence-corrected chi connectivity index (χ2v) is 11.5. The molecule has 0 spiro atoms. The molecule has 0 radical (unpaired) electrons. The average Bonchev–Trinajstić information content (AvgIpc) is 2.56. The predicted octanol–water partition coefficient (Wildman–Crippen LogP) is 4.70. The Morgan fingerprint density at radius 2 is 1.60 bits per heavy atom. The van der Waals surface area contributed by atoms with Crippen LogP contribution in [0, 0.1) is 46.3 Å². The standard InChI is InChI=1S/C23H42N2/c1-14(25-21-11-18-10-19(15(21)2)23(18,5)6)12-24-13-16-7-8-17-9-20(16)22(17,3)4/h14-21,24-25H,7-13H2,1-6H3/t14?,15-,16-,17-,18+,19-,20-,21-/m0/s1. The van der Waals surface area contributed by atoms with Crippen LogP contribution < -0.4 is 10.6 Å². The van der Waals surface area contributed by atoms with Crippen molar-refractivity contribution in [3.63, 3.8) is 0 Å². The molecule has 6 fully saturated rings. The van der Waals surface area contributed by atoms with Gasteiger partial charge < -0.3 is 10.6 Å².